The number of rotatable bonds is 4. The second kappa shape index (κ2) is 6.37. The maximum absolute atomic E-state index is 12.4. The minimum absolute atomic E-state index is 0.00716. The molecule has 0 N–H and O–H groups in total. The van der Waals surface area contributed by atoms with Crippen LogP contribution in [0.25, 0.3) is 0 Å². The molecule has 2 aliphatic heterocycles. The summed E-state index contributed by atoms with van der Waals surface area (Å²) >= 11 is 0. The van der Waals surface area contributed by atoms with Crippen LogP contribution in [0.2, 0.25) is 0 Å². The Hall–Kier alpha value is -1.72. The Kier molecular flexibility index (Phi) is 4.31. The monoisotopic (exact) mass is 287 g/mol. The zero-order valence-electron chi connectivity index (χ0n) is 12.2. The molecule has 0 radical (unpaired) electrons. The van der Waals surface area contributed by atoms with E-state index in [1.54, 1.807) is 6.07 Å². The predicted molar refractivity (Wildman–Crippen MR) is 79.9 cm³/mol. The molecule has 0 saturated carbocycles. The largest absolute Gasteiger partial charge is 0.378 e. The zero-order valence-corrected chi connectivity index (χ0v) is 12.2. The van der Waals surface area contributed by atoms with Gasteiger partial charge in [-0.15, -0.1) is 6.58 Å². The third-order valence-corrected chi connectivity index (χ3v) is 4.03. The Bertz CT molecular complexity index is 520. The number of amides is 1. The molecule has 0 unspecified atom stereocenters. The van der Waals surface area contributed by atoms with E-state index in [1.807, 2.05) is 23.1 Å². The number of aromatic nitrogens is 1. The van der Waals surface area contributed by atoms with E-state index in [9.17, 15) is 4.79 Å². The first-order valence-electron chi connectivity index (χ1n) is 7.44. The second-order valence-corrected chi connectivity index (χ2v) is 5.61. The van der Waals surface area contributed by atoms with Crippen LogP contribution in [0.5, 0.6) is 0 Å². The fourth-order valence-corrected chi connectivity index (χ4v) is 2.73. The van der Waals surface area contributed by atoms with Crippen molar-refractivity contribution in [1.82, 2.24) is 14.8 Å². The van der Waals surface area contributed by atoms with E-state index in [-0.39, 0.29) is 5.91 Å². The summed E-state index contributed by atoms with van der Waals surface area (Å²) in [5.41, 5.74) is 1.49. The molecule has 1 aromatic rings. The lowest BCUT2D eigenvalue weighted by Gasteiger charge is -2.37. The number of carbonyl (C=O) groups excluding carboxylic acids is 1. The zero-order chi connectivity index (χ0) is 14.7. The SMILES string of the molecule is C=CC1CN(Cc2cccc(C(=O)N3CCOCC3)n2)C1. The number of hydrogen-bond donors (Lipinski definition) is 0. The van der Waals surface area contributed by atoms with Crippen molar-refractivity contribution in [3.63, 3.8) is 0 Å². The van der Waals surface area contributed by atoms with Crippen molar-refractivity contribution in [1.29, 1.82) is 0 Å². The van der Waals surface area contributed by atoms with Crippen LogP contribution in [-0.4, -0.2) is 60.1 Å². The highest BCUT2D eigenvalue weighted by atomic mass is 16.5. The summed E-state index contributed by atoms with van der Waals surface area (Å²) in [5.74, 6) is 0.607. The van der Waals surface area contributed by atoms with Gasteiger partial charge in [0.15, 0.2) is 0 Å². The number of ether oxygens (including phenoxy) is 1. The molecule has 0 aromatic carbocycles. The molecule has 1 amide bonds. The molecule has 2 aliphatic rings. The van der Waals surface area contributed by atoms with E-state index in [1.165, 1.54) is 0 Å². The quantitative estimate of drug-likeness (QED) is 0.780. The molecule has 3 rings (SSSR count). The van der Waals surface area contributed by atoms with Crippen LogP contribution in [0.3, 0.4) is 0 Å². The van der Waals surface area contributed by atoms with Crippen molar-refractivity contribution in [2.45, 2.75) is 6.54 Å². The second-order valence-electron chi connectivity index (χ2n) is 5.61. The summed E-state index contributed by atoms with van der Waals surface area (Å²) in [5, 5.41) is 0. The smallest absolute Gasteiger partial charge is 0.272 e. The Labute approximate surface area is 125 Å². The number of carbonyl (C=O) groups is 1. The van der Waals surface area contributed by atoms with Gasteiger partial charge in [-0.25, -0.2) is 4.98 Å². The Balaban J connectivity index is 1.62. The summed E-state index contributed by atoms with van der Waals surface area (Å²) < 4.78 is 5.28. The van der Waals surface area contributed by atoms with Gasteiger partial charge in [-0.2, -0.15) is 0 Å². The van der Waals surface area contributed by atoms with Crippen molar-refractivity contribution >= 4 is 5.91 Å². The first kappa shape index (κ1) is 14.2. The first-order chi connectivity index (χ1) is 10.3. The van der Waals surface area contributed by atoms with Gasteiger partial charge in [-0.05, 0) is 12.1 Å². The molecule has 5 nitrogen and oxygen atoms in total. The Morgan fingerprint density at radius 3 is 2.86 bits per heavy atom. The van der Waals surface area contributed by atoms with Gasteiger partial charge < -0.3 is 9.64 Å². The van der Waals surface area contributed by atoms with Gasteiger partial charge >= 0.3 is 0 Å². The van der Waals surface area contributed by atoms with Gasteiger partial charge in [-0.3, -0.25) is 9.69 Å². The maximum atomic E-state index is 12.4. The van der Waals surface area contributed by atoms with Crippen LogP contribution < -0.4 is 0 Å². The summed E-state index contributed by atoms with van der Waals surface area (Å²) in [4.78, 5) is 21.1. The minimum atomic E-state index is 0.00716. The third kappa shape index (κ3) is 3.31. The summed E-state index contributed by atoms with van der Waals surface area (Å²) in [6, 6.07) is 5.70. The molecule has 0 bridgehead atoms. The molecule has 0 atom stereocenters. The van der Waals surface area contributed by atoms with Gasteiger partial charge in [0, 0.05) is 38.6 Å². The fraction of sp³-hybridized carbons (Fsp3) is 0.500. The highest BCUT2D eigenvalue weighted by Crippen LogP contribution is 2.18. The highest BCUT2D eigenvalue weighted by molar-refractivity contribution is 5.92. The highest BCUT2D eigenvalue weighted by Gasteiger charge is 2.25. The van der Waals surface area contributed by atoms with Gasteiger partial charge in [0.1, 0.15) is 5.69 Å². The normalized spacial score (nSPS) is 20.1. The standard InChI is InChI=1S/C16H21N3O2/c1-2-13-10-18(11-13)12-14-4-3-5-15(17-14)16(20)19-6-8-21-9-7-19/h2-5,13H,1,6-12H2. The number of likely N-dealkylation sites (tertiary alicyclic amines) is 1. The molecule has 21 heavy (non-hydrogen) atoms. The maximum Gasteiger partial charge on any atom is 0.272 e. The fourth-order valence-electron chi connectivity index (χ4n) is 2.73. The average molecular weight is 287 g/mol. The van der Waals surface area contributed by atoms with Gasteiger partial charge in [0.25, 0.3) is 5.91 Å². The van der Waals surface area contributed by atoms with E-state index >= 15 is 0 Å². The van der Waals surface area contributed by atoms with E-state index in [4.69, 9.17) is 4.74 Å². The Morgan fingerprint density at radius 1 is 1.38 bits per heavy atom. The predicted octanol–water partition coefficient (Wildman–Crippen LogP) is 1.17. The lowest BCUT2D eigenvalue weighted by Crippen LogP contribution is -2.45. The number of pyridine rings is 1. The van der Waals surface area contributed by atoms with E-state index in [0.717, 1.165) is 25.3 Å². The van der Waals surface area contributed by atoms with Crippen LogP contribution in [0.15, 0.2) is 30.9 Å². The van der Waals surface area contributed by atoms with Crippen molar-refractivity contribution < 1.29 is 9.53 Å². The van der Waals surface area contributed by atoms with Crippen LogP contribution in [0.1, 0.15) is 16.2 Å². The number of hydrogen-bond acceptors (Lipinski definition) is 4. The molecule has 3 heterocycles. The Morgan fingerprint density at radius 2 is 2.14 bits per heavy atom. The molecule has 5 heteroatoms. The van der Waals surface area contributed by atoms with E-state index < -0.39 is 0 Å². The van der Waals surface area contributed by atoms with Crippen molar-refractivity contribution in [2.75, 3.05) is 39.4 Å². The van der Waals surface area contributed by atoms with Crippen LogP contribution in [0.4, 0.5) is 0 Å². The van der Waals surface area contributed by atoms with Crippen LogP contribution in [0, 0.1) is 5.92 Å². The third-order valence-electron chi connectivity index (χ3n) is 4.03. The number of nitrogens with zero attached hydrogens (tertiary/aromatic N) is 3. The van der Waals surface area contributed by atoms with Crippen molar-refractivity contribution in [3.8, 4) is 0 Å². The number of morpholine rings is 1. The molecule has 1 aromatic heterocycles. The molecule has 0 spiro atoms. The van der Waals surface area contributed by atoms with E-state index in [2.05, 4.69) is 16.5 Å². The topological polar surface area (TPSA) is 45.7 Å². The van der Waals surface area contributed by atoms with Crippen molar-refractivity contribution in [2.24, 2.45) is 5.92 Å². The summed E-state index contributed by atoms with van der Waals surface area (Å²) in [6.07, 6.45) is 2.00. The molecule has 2 saturated heterocycles. The summed E-state index contributed by atoms with van der Waals surface area (Å²) in [7, 11) is 0. The molecule has 112 valence electrons. The lowest BCUT2D eigenvalue weighted by molar-refractivity contribution is 0.0298. The molecular weight excluding hydrogens is 266 g/mol. The molecule has 2 fully saturated rings. The first-order valence-corrected chi connectivity index (χ1v) is 7.44. The van der Waals surface area contributed by atoms with Crippen LogP contribution in [-0.2, 0) is 11.3 Å². The lowest BCUT2D eigenvalue weighted by atomic mass is 10.0. The van der Waals surface area contributed by atoms with Crippen molar-refractivity contribution in [3.05, 3.63) is 42.2 Å². The molecular formula is C16H21N3O2. The van der Waals surface area contributed by atoms with Gasteiger partial charge in [0.2, 0.25) is 0 Å². The molecule has 0 aliphatic carbocycles. The van der Waals surface area contributed by atoms with Gasteiger partial charge in [0.05, 0.1) is 18.9 Å². The van der Waals surface area contributed by atoms with E-state index in [0.29, 0.717) is 37.9 Å². The van der Waals surface area contributed by atoms with Gasteiger partial charge in [-0.1, -0.05) is 12.1 Å². The van der Waals surface area contributed by atoms with Crippen LogP contribution >= 0.6 is 0 Å². The minimum Gasteiger partial charge on any atom is -0.378 e. The summed E-state index contributed by atoms with van der Waals surface area (Å²) in [6.45, 7) is 9.21. The average Bonchev–Trinajstić information content (AvgIpc) is 2.51.